The molecule has 0 aliphatic carbocycles. The molecule has 0 unspecified atom stereocenters. The molecule has 1 aliphatic heterocycles. The summed E-state index contributed by atoms with van der Waals surface area (Å²) in [6.07, 6.45) is 3.46. The van der Waals surface area contributed by atoms with Gasteiger partial charge in [0.05, 0.1) is 14.2 Å². The molecule has 4 rings (SSSR count). The molecule has 0 bridgehead atoms. The zero-order chi connectivity index (χ0) is 17.6. The van der Waals surface area contributed by atoms with Crippen LogP contribution in [0.2, 0.25) is 0 Å². The van der Waals surface area contributed by atoms with Crippen molar-refractivity contribution in [3.63, 3.8) is 0 Å². The summed E-state index contributed by atoms with van der Waals surface area (Å²) >= 11 is 0. The monoisotopic (exact) mass is 337 g/mol. The quantitative estimate of drug-likeness (QED) is 0.715. The lowest BCUT2D eigenvalue weighted by Crippen LogP contribution is -1.99. The molecule has 3 aromatic rings. The Morgan fingerprint density at radius 1 is 1.16 bits per heavy atom. The Labute approximate surface area is 143 Å². The van der Waals surface area contributed by atoms with E-state index in [1.54, 1.807) is 19.4 Å². The van der Waals surface area contributed by atoms with Crippen LogP contribution in [0.5, 0.6) is 23.0 Å². The number of aromatic hydroxyl groups is 1. The average molecular weight is 337 g/mol. The molecule has 0 atom stereocenters. The van der Waals surface area contributed by atoms with Crippen LogP contribution in [0.3, 0.4) is 0 Å². The number of carbonyl (C=O) groups excluding carboxylic acids is 1. The van der Waals surface area contributed by atoms with Gasteiger partial charge in [-0.3, -0.25) is 4.79 Å². The number of ketones is 1. The highest BCUT2D eigenvalue weighted by molar-refractivity contribution is 6.16. The Kier molecular flexibility index (Phi) is 3.39. The normalized spacial score (nSPS) is 14.6. The highest BCUT2D eigenvalue weighted by Gasteiger charge is 2.32. The first-order valence-electron chi connectivity index (χ1n) is 7.61. The van der Waals surface area contributed by atoms with Crippen LogP contribution in [0.4, 0.5) is 0 Å². The maximum absolute atomic E-state index is 12.7. The fourth-order valence-electron chi connectivity index (χ4n) is 2.93. The number of methoxy groups -OCH3 is 2. The Morgan fingerprint density at radius 2 is 2.00 bits per heavy atom. The maximum atomic E-state index is 12.7. The van der Waals surface area contributed by atoms with E-state index in [9.17, 15) is 9.90 Å². The molecule has 1 aromatic heterocycles. The summed E-state index contributed by atoms with van der Waals surface area (Å²) in [6, 6.07) is 8.44. The van der Waals surface area contributed by atoms with Crippen molar-refractivity contribution in [2.45, 2.75) is 0 Å². The molecule has 2 N–H and O–H groups in total. The van der Waals surface area contributed by atoms with E-state index in [1.165, 1.54) is 19.2 Å². The number of phenolic OH excluding ortho intramolecular Hbond substituents is 1. The van der Waals surface area contributed by atoms with Crippen molar-refractivity contribution >= 4 is 22.8 Å². The summed E-state index contributed by atoms with van der Waals surface area (Å²) in [6.45, 7) is 0. The largest absolute Gasteiger partial charge is 0.508 e. The third kappa shape index (κ3) is 2.39. The summed E-state index contributed by atoms with van der Waals surface area (Å²) in [7, 11) is 3.04. The van der Waals surface area contributed by atoms with Gasteiger partial charge in [-0.25, -0.2) is 0 Å². The van der Waals surface area contributed by atoms with E-state index in [1.807, 2.05) is 18.2 Å². The van der Waals surface area contributed by atoms with Gasteiger partial charge in [0.15, 0.2) is 5.76 Å². The minimum atomic E-state index is -0.288. The van der Waals surface area contributed by atoms with E-state index >= 15 is 0 Å². The van der Waals surface area contributed by atoms with Crippen LogP contribution in [0.15, 0.2) is 42.3 Å². The predicted octanol–water partition coefficient (Wildman–Crippen LogP) is 3.51. The fraction of sp³-hybridized carbons (Fsp3) is 0.105. The van der Waals surface area contributed by atoms with E-state index in [4.69, 9.17) is 14.2 Å². The maximum Gasteiger partial charge on any atom is 0.235 e. The van der Waals surface area contributed by atoms with Crippen molar-refractivity contribution in [1.29, 1.82) is 0 Å². The summed E-state index contributed by atoms with van der Waals surface area (Å²) in [5, 5.41) is 10.6. The molecule has 6 nitrogen and oxygen atoms in total. The number of ether oxygens (including phenoxy) is 3. The lowest BCUT2D eigenvalue weighted by atomic mass is 10.1. The number of aromatic nitrogens is 1. The molecule has 0 spiro atoms. The standard InChI is InChI=1S/C19H15NO5/c1-23-12-3-4-14-13(8-12)10(9-20-14)5-17-19(22)18-15(24-2)6-11(21)7-16(18)25-17/h3-9,20-21H,1-2H3. The van der Waals surface area contributed by atoms with E-state index in [2.05, 4.69) is 4.98 Å². The minimum absolute atomic E-state index is 0.0264. The first-order valence-corrected chi connectivity index (χ1v) is 7.61. The average Bonchev–Trinajstić information content (AvgIpc) is 3.15. The number of carbonyl (C=O) groups is 1. The lowest BCUT2D eigenvalue weighted by molar-refractivity contribution is 0.101. The molecule has 1 aliphatic rings. The van der Waals surface area contributed by atoms with Gasteiger partial charge in [-0.15, -0.1) is 0 Å². The number of H-pyrrole nitrogens is 1. The number of hydrogen-bond donors (Lipinski definition) is 2. The van der Waals surface area contributed by atoms with Crippen molar-refractivity contribution in [1.82, 2.24) is 4.98 Å². The molecule has 6 heteroatoms. The second-order valence-electron chi connectivity index (χ2n) is 5.62. The van der Waals surface area contributed by atoms with Crippen LogP contribution in [0, 0.1) is 0 Å². The van der Waals surface area contributed by atoms with Crippen LogP contribution in [0.1, 0.15) is 15.9 Å². The number of nitrogens with one attached hydrogen (secondary N) is 1. The van der Waals surface area contributed by atoms with Crippen LogP contribution < -0.4 is 14.2 Å². The summed E-state index contributed by atoms with van der Waals surface area (Å²) < 4.78 is 16.1. The number of hydrogen-bond acceptors (Lipinski definition) is 5. The highest BCUT2D eigenvalue weighted by Crippen LogP contribution is 2.41. The van der Waals surface area contributed by atoms with E-state index in [0.717, 1.165) is 22.2 Å². The fourth-order valence-corrected chi connectivity index (χ4v) is 2.93. The lowest BCUT2D eigenvalue weighted by Gasteiger charge is -2.04. The topological polar surface area (TPSA) is 80.8 Å². The third-order valence-corrected chi connectivity index (χ3v) is 4.15. The number of aromatic amines is 1. The number of benzene rings is 2. The molecule has 2 heterocycles. The van der Waals surface area contributed by atoms with Gasteiger partial charge in [0.2, 0.25) is 5.78 Å². The minimum Gasteiger partial charge on any atom is -0.508 e. The Balaban J connectivity index is 1.80. The Bertz CT molecular complexity index is 1030. The zero-order valence-electron chi connectivity index (χ0n) is 13.6. The smallest absolute Gasteiger partial charge is 0.235 e. The first kappa shape index (κ1) is 15.1. The molecule has 25 heavy (non-hydrogen) atoms. The van der Waals surface area contributed by atoms with Crippen molar-refractivity contribution in [2.75, 3.05) is 14.2 Å². The van der Waals surface area contributed by atoms with Crippen LogP contribution in [-0.4, -0.2) is 30.1 Å². The first-order chi connectivity index (χ1) is 12.1. The highest BCUT2D eigenvalue weighted by atomic mass is 16.5. The molecule has 2 aromatic carbocycles. The van der Waals surface area contributed by atoms with Crippen LogP contribution >= 0.6 is 0 Å². The van der Waals surface area contributed by atoms with Crippen molar-refractivity contribution in [3.8, 4) is 23.0 Å². The van der Waals surface area contributed by atoms with Crippen LogP contribution in [0.25, 0.3) is 17.0 Å². The van der Waals surface area contributed by atoms with E-state index in [-0.39, 0.29) is 28.8 Å². The van der Waals surface area contributed by atoms with Gasteiger partial charge in [-0.1, -0.05) is 0 Å². The molecule has 0 saturated heterocycles. The van der Waals surface area contributed by atoms with Gasteiger partial charge < -0.3 is 24.3 Å². The number of allylic oxidation sites excluding steroid dienone is 1. The summed E-state index contributed by atoms with van der Waals surface area (Å²) in [5.41, 5.74) is 2.03. The second-order valence-corrected chi connectivity index (χ2v) is 5.62. The SMILES string of the molecule is COc1ccc2[nH]cc(C=C3Oc4cc(O)cc(OC)c4C3=O)c2c1. The van der Waals surface area contributed by atoms with Gasteiger partial charge in [-0.2, -0.15) is 0 Å². The van der Waals surface area contributed by atoms with Gasteiger partial charge in [0.25, 0.3) is 0 Å². The Hall–Kier alpha value is -3.41. The number of fused-ring (bicyclic) bond motifs is 2. The molecule has 0 fully saturated rings. The van der Waals surface area contributed by atoms with Gasteiger partial charge in [0, 0.05) is 34.8 Å². The number of Topliss-reactive ketones (excluding diaryl/α,β-unsaturated/α-hetero) is 1. The van der Waals surface area contributed by atoms with Crippen molar-refractivity contribution < 1.29 is 24.1 Å². The molecule has 0 radical (unpaired) electrons. The van der Waals surface area contributed by atoms with Gasteiger partial charge in [-0.05, 0) is 24.3 Å². The molecular weight excluding hydrogens is 322 g/mol. The van der Waals surface area contributed by atoms with Crippen LogP contribution in [-0.2, 0) is 0 Å². The number of phenols is 1. The van der Waals surface area contributed by atoms with E-state index < -0.39 is 0 Å². The summed E-state index contributed by atoms with van der Waals surface area (Å²) in [4.78, 5) is 15.8. The summed E-state index contributed by atoms with van der Waals surface area (Å²) in [5.74, 6) is 1.14. The molecule has 126 valence electrons. The zero-order valence-corrected chi connectivity index (χ0v) is 13.6. The predicted molar refractivity (Wildman–Crippen MR) is 92.4 cm³/mol. The van der Waals surface area contributed by atoms with Gasteiger partial charge >= 0.3 is 0 Å². The Morgan fingerprint density at radius 3 is 2.76 bits per heavy atom. The van der Waals surface area contributed by atoms with Crippen molar-refractivity contribution in [3.05, 3.63) is 53.4 Å². The molecular formula is C19H15NO5. The third-order valence-electron chi connectivity index (χ3n) is 4.15. The van der Waals surface area contributed by atoms with E-state index in [0.29, 0.717) is 5.56 Å². The number of rotatable bonds is 3. The molecule has 0 saturated carbocycles. The second kappa shape index (κ2) is 5.59. The van der Waals surface area contributed by atoms with Crippen molar-refractivity contribution in [2.24, 2.45) is 0 Å². The molecule has 0 amide bonds. The van der Waals surface area contributed by atoms with Gasteiger partial charge in [0.1, 0.15) is 28.6 Å².